The van der Waals surface area contributed by atoms with Crippen molar-refractivity contribution in [1.29, 1.82) is 0 Å². The number of rotatable bonds is 3. The monoisotopic (exact) mass is 333 g/mol. The standard InChI is InChI=1S/C19H19N5O/c25-19-13-4-1-2-5-15(13)20-18(21-19)16-6-3-11-24(16)17-10-9-14(22-23-17)12-7-8-12/h1-2,4-5,9-10,12,16H,3,6-8,11H2,(H,20,21,25). The highest BCUT2D eigenvalue weighted by atomic mass is 16.1. The van der Waals surface area contributed by atoms with E-state index in [1.54, 1.807) is 6.07 Å². The molecule has 6 heteroatoms. The Morgan fingerprint density at radius 3 is 2.72 bits per heavy atom. The van der Waals surface area contributed by atoms with Crippen LogP contribution in [0.4, 0.5) is 5.82 Å². The van der Waals surface area contributed by atoms with Gasteiger partial charge in [-0.1, -0.05) is 12.1 Å². The van der Waals surface area contributed by atoms with Crippen LogP contribution in [0.2, 0.25) is 0 Å². The molecule has 6 nitrogen and oxygen atoms in total. The second-order valence-corrected chi connectivity index (χ2v) is 6.91. The van der Waals surface area contributed by atoms with Gasteiger partial charge < -0.3 is 9.88 Å². The highest BCUT2D eigenvalue weighted by Crippen LogP contribution is 2.39. The summed E-state index contributed by atoms with van der Waals surface area (Å²) in [5.41, 5.74) is 1.75. The fraction of sp³-hybridized carbons (Fsp3) is 0.368. The average Bonchev–Trinajstić information content (AvgIpc) is 3.38. The number of hydrogen-bond acceptors (Lipinski definition) is 5. The summed E-state index contributed by atoms with van der Waals surface area (Å²) >= 11 is 0. The number of aromatic nitrogens is 4. The first-order valence-electron chi connectivity index (χ1n) is 8.89. The third kappa shape index (κ3) is 2.58. The molecule has 1 aromatic carbocycles. The summed E-state index contributed by atoms with van der Waals surface area (Å²) in [4.78, 5) is 22.3. The Morgan fingerprint density at radius 2 is 1.92 bits per heavy atom. The van der Waals surface area contributed by atoms with Crippen molar-refractivity contribution in [2.75, 3.05) is 11.4 Å². The van der Waals surface area contributed by atoms with E-state index < -0.39 is 0 Å². The van der Waals surface area contributed by atoms with Crippen LogP contribution in [-0.2, 0) is 0 Å². The third-order valence-corrected chi connectivity index (χ3v) is 5.16. The van der Waals surface area contributed by atoms with E-state index in [4.69, 9.17) is 4.98 Å². The minimum absolute atomic E-state index is 0.0402. The molecule has 2 fully saturated rings. The van der Waals surface area contributed by atoms with E-state index in [0.717, 1.165) is 36.4 Å². The fourth-order valence-electron chi connectivity index (χ4n) is 3.67. The Labute approximate surface area is 144 Å². The van der Waals surface area contributed by atoms with Crippen molar-refractivity contribution >= 4 is 16.7 Å². The number of benzene rings is 1. The molecule has 0 spiro atoms. The maximum atomic E-state index is 12.4. The summed E-state index contributed by atoms with van der Waals surface area (Å²) < 4.78 is 0. The van der Waals surface area contributed by atoms with Crippen molar-refractivity contribution in [1.82, 2.24) is 20.2 Å². The lowest BCUT2D eigenvalue weighted by atomic mass is 10.2. The zero-order valence-corrected chi connectivity index (χ0v) is 13.9. The number of anilines is 1. The average molecular weight is 333 g/mol. The Kier molecular flexibility index (Phi) is 3.29. The lowest BCUT2D eigenvalue weighted by Crippen LogP contribution is -2.27. The minimum atomic E-state index is -0.0809. The summed E-state index contributed by atoms with van der Waals surface area (Å²) in [5, 5.41) is 9.46. The predicted molar refractivity (Wildman–Crippen MR) is 95.7 cm³/mol. The van der Waals surface area contributed by atoms with Gasteiger partial charge in [-0.2, -0.15) is 5.10 Å². The van der Waals surface area contributed by atoms with Gasteiger partial charge in [0.05, 0.1) is 22.6 Å². The highest BCUT2D eigenvalue weighted by molar-refractivity contribution is 5.77. The van der Waals surface area contributed by atoms with Gasteiger partial charge in [0.25, 0.3) is 5.56 Å². The molecule has 1 saturated heterocycles. The molecular weight excluding hydrogens is 314 g/mol. The van der Waals surface area contributed by atoms with Crippen LogP contribution in [0.25, 0.3) is 10.9 Å². The van der Waals surface area contributed by atoms with Gasteiger partial charge in [0, 0.05) is 12.5 Å². The smallest absolute Gasteiger partial charge is 0.258 e. The Morgan fingerprint density at radius 1 is 1.04 bits per heavy atom. The predicted octanol–water partition coefficient (Wildman–Crippen LogP) is 2.93. The summed E-state index contributed by atoms with van der Waals surface area (Å²) in [6, 6.07) is 11.6. The number of hydrogen-bond donors (Lipinski definition) is 1. The molecule has 1 unspecified atom stereocenters. The van der Waals surface area contributed by atoms with Crippen LogP contribution in [-0.4, -0.2) is 26.7 Å². The van der Waals surface area contributed by atoms with Crippen molar-refractivity contribution in [2.45, 2.75) is 37.6 Å². The van der Waals surface area contributed by atoms with Crippen molar-refractivity contribution in [3.8, 4) is 0 Å². The molecule has 1 saturated carbocycles. The van der Waals surface area contributed by atoms with Gasteiger partial charge in [0.2, 0.25) is 0 Å². The molecule has 5 rings (SSSR count). The second kappa shape index (κ2) is 5.65. The maximum absolute atomic E-state index is 12.4. The van der Waals surface area contributed by atoms with E-state index >= 15 is 0 Å². The molecule has 3 heterocycles. The van der Waals surface area contributed by atoms with Crippen LogP contribution in [0.15, 0.2) is 41.2 Å². The Bertz CT molecular complexity index is 977. The topological polar surface area (TPSA) is 74.8 Å². The second-order valence-electron chi connectivity index (χ2n) is 6.91. The number of H-pyrrole nitrogens is 1. The first-order valence-corrected chi connectivity index (χ1v) is 8.89. The van der Waals surface area contributed by atoms with Gasteiger partial charge in [0.15, 0.2) is 5.82 Å². The lowest BCUT2D eigenvalue weighted by molar-refractivity contribution is 0.656. The maximum Gasteiger partial charge on any atom is 0.258 e. The fourth-order valence-corrected chi connectivity index (χ4v) is 3.67. The molecule has 3 aromatic rings. The van der Waals surface area contributed by atoms with Crippen molar-refractivity contribution in [3.63, 3.8) is 0 Å². The van der Waals surface area contributed by atoms with Gasteiger partial charge >= 0.3 is 0 Å². The van der Waals surface area contributed by atoms with Gasteiger partial charge in [-0.05, 0) is 49.9 Å². The van der Waals surface area contributed by atoms with E-state index in [1.165, 1.54) is 12.8 Å². The molecule has 0 radical (unpaired) electrons. The highest BCUT2D eigenvalue weighted by Gasteiger charge is 2.30. The quantitative estimate of drug-likeness (QED) is 0.797. The molecule has 1 aliphatic carbocycles. The Balaban J connectivity index is 1.51. The van der Waals surface area contributed by atoms with E-state index in [0.29, 0.717) is 17.1 Å². The molecule has 1 aliphatic heterocycles. The van der Waals surface area contributed by atoms with Crippen LogP contribution in [0.5, 0.6) is 0 Å². The Hall–Kier alpha value is -2.76. The van der Waals surface area contributed by atoms with E-state index in [-0.39, 0.29) is 11.6 Å². The van der Waals surface area contributed by atoms with Crippen molar-refractivity contribution < 1.29 is 0 Å². The summed E-state index contributed by atoms with van der Waals surface area (Å²) in [6.07, 6.45) is 4.45. The summed E-state index contributed by atoms with van der Waals surface area (Å²) in [5.74, 6) is 2.19. The van der Waals surface area contributed by atoms with E-state index in [2.05, 4.69) is 32.2 Å². The minimum Gasteiger partial charge on any atom is -0.345 e. The van der Waals surface area contributed by atoms with Gasteiger partial charge in [0.1, 0.15) is 5.82 Å². The molecule has 25 heavy (non-hydrogen) atoms. The van der Waals surface area contributed by atoms with Gasteiger partial charge in [-0.25, -0.2) is 4.98 Å². The molecule has 1 N–H and O–H groups in total. The third-order valence-electron chi connectivity index (χ3n) is 5.16. The van der Waals surface area contributed by atoms with E-state index in [9.17, 15) is 4.79 Å². The van der Waals surface area contributed by atoms with Gasteiger partial charge in [-0.3, -0.25) is 4.79 Å². The zero-order valence-electron chi connectivity index (χ0n) is 13.9. The largest absolute Gasteiger partial charge is 0.345 e. The van der Waals surface area contributed by atoms with Crippen molar-refractivity contribution in [2.24, 2.45) is 0 Å². The van der Waals surface area contributed by atoms with Crippen LogP contribution < -0.4 is 10.5 Å². The van der Waals surface area contributed by atoms with Crippen LogP contribution in [0.1, 0.15) is 49.2 Å². The molecule has 2 aromatic heterocycles. The molecule has 126 valence electrons. The molecule has 2 aliphatic rings. The number of fused-ring (bicyclic) bond motifs is 1. The first-order chi connectivity index (χ1) is 12.3. The first kappa shape index (κ1) is 14.6. The van der Waals surface area contributed by atoms with E-state index in [1.807, 2.05) is 18.2 Å². The molecule has 1 atom stereocenters. The molecular formula is C19H19N5O. The van der Waals surface area contributed by atoms with Crippen LogP contribution >= 0.6 is 0 Å². The summed E-state index contributed by atoms with van der Waals surface area (Å²) in [6.45, 7) is 0.901. The number of aromatic amines is 1. The molecule has 0 bridgehead atoms. The summed E-state index contributed by atoms with van der Waals surface area (Å²) in [7, 11) is 0. The van der Waals surface area contributed by atoms with Crippen LogP contribution in [0, 0.1) is 0 Å². The number of nitrogens with zero attached hydrogens (tertiary/aromatic N) is 4. The van der Waals surface area contributed by atoms with Crippen molar-refractivity contribution in [3.05, 3.63) is 58.3 Å². The normalized spacial score (nSPS) is 20.3. The SMILES string of the molecule is O=c1[nH]c(C2CCCN2c2ccc(C3CC3)nn2)nc2ccccc12. The lowest BCUT2D eigenvalue weighted by Gasteiger charge is -2.24. The molecule has 0 amide bonds. The van der Waals surface area contributed by atoms with Gasteiger partial charge in [-0.15, -0.1) is 5.10 Å². The van der Waals surface area contributed by atoms with Crippen LogP contribution in [0.3, 0.4) is 0 Å². The zero-order chi connectivity index (χ0) is 16.8. The number of nitrogens with one attached hydrogen (secondary N) is 1. The number of para-hydroxylation sites is 1.